The van der Waals surface area contributed by atoms with Crippen LogP contribution in [0.25, 0.3) is 11.0 Å². The zero-order valence-electron chi connectivity index (χ0n) is 19.3. The normalized spacial score (nSPS) is 11.3. The van der Waals surface area contributed by atoms with Gasteiger partial charge in [0.15, 0.2) is 11.6 Å². The van der Waals surface area contributed by atoms with Gasteiger partial charge >= 0.3 is 0 Å². The number of benzene rings is 3. The van der Waals surface area contributed by atoms with E-state index in [0.29, 0.717) is 36.8 Å². The highest BCUT2D eigenvalue weighted by Crippen LogP contribution is 2.30. The summed E-state index contributed by atoms with van der Waals surface area (Å²) in [4.78, 5) is 17.3. The first-order valence-electron chi connectivity index (χ1n) is 11.2. The number of hydrogen-bond donors (Lipinski definition) is 0. The third kappa shape index (κ3) is 6.35. The fourth-order valence-corrected chi connectivity index (χ4v) is 4.55. The lowest BCUT2D eigenvalue weighted by Gasteiger charge is -2.13. The van der Waals surface area contributed by atoms with Crippen LogP contribution in [0.2, 0.25) is 5.02 Å². The molecule has 0 bridgehead atoms. The lowest BCUT2D eigenvalue weighted by atomic mass is 9.95. The number of carbonyl (C=O) groups is 1. The molecule has 1 aromatic heterocycles. The van der Waals surface area contributed by atoms with Crippen molar-refractivity contribution in [3.05, 3.63) is 98.5 Å². The van der Waals surface area contributed by atoms with Crippen molar-refractivity contribution in [1.29, 1.82) is 0 Å². The molecular weight excluding hydrogens is 535 g/mol. The summed E-state index contributed by atoms with van der Waals surface area (Å²) < 4.78 is 29.3. The van der Waals surface area contributed by atoms with Gasteiger partial charge in [0.2, 0.25) is 0 Å². The molecule has 0 aliphatic carbocycles. The molecule has 0 aliphatic rings. The molecule has 0 saturated heterocycles. The molecule has 0 aliphatic heterocycles. The van der Waals surface area contributed by atoms with Gasteiger partial charge < -0.3 is 14.0 Å². The number of aromatic nitrogens is 2. The zero-order valence-corrected chi connectivity index (χ0v) is 21.6. The van der Waals surface area contributed by atoms with E-state index in [1.165, 1.54) is 6.33 Å². The van der Waals surface area contributed by atoms with Gasteiger partial charge in [-0.05, 0) is 35.7 Å². The Kier molecular flexibility index (Phi) is 8.68. The summed E-state index contributed by atoms with van der Waals surface area (Å²) in [6, 6.07) is 17.0. The highest BCUT2D eigenvalue weighted by atomic mass is 79.9. The number of ether oxygens (including phenoxy) is 2. The summed E-state index contributed by atoms with van der Waals surface area (Å²) in [6.07, 6.45) is 2.35. The number of rotatable bonds is 11. The first-order valence-corrected chi connectivity index (χ1v) is 12.4. The van der Waals surface area contributed by atoms with E-state index in [9.17, 15) is 4.79 Å². The van der Waals surface area contributed by atoms with E-state index in [0.717, 1.165) is 15.6 Å². The zero-order chi connectivity index (χ0) is 24.8. The lowest BCUT2D eigenvalue weighted by molar-refractivity contribution is 0.0626. The highest BCUT2D eigenvalue weighted by Gasteiger charge is 2.22. The van der Waals surface area contributed by atoms with Crippen LogP contribution < -0.4 is 0 Å². The van der Waals surface area contributed by atoms with Crippen LogP contribution in [0.4, 0.5) is 4.39 Å². The smallest absolute Gasteiger partial charge is 0.188 e. The minimum atomic E-state index is -0.514. The van der Waals surface area contributed by atoms with E-state index < -0.39 is 5.82 Å². The molecule has 0 radical (unpaired) electrons. The SMILES string of the molecule is Cn1cnc2c(F)c(Cc3ccc(Br)cc3Cl)c(C(=O)COCCCOCc3ccccc3)cc21. The van der Waals surface area contributed by atoms with Crippen LogP contribution in [0.3, 0.4) is 0 Å². The quantitative estimate of drug-likeness (QED) is 0.155. The molecule has 0 saturated carbocycles. The third-order valence-corrected chi connectivity index (χ3v) is 6.51. The Morgan fingerprint density at radius 3 is 2.66 bits per heavy atom. The van der Waals surface area contributed by atoms with Crippen LogP contribution in [-0.2, 0) is 29.5 Å². The molecule has 1 heterocycles. The molecule has 0 spiro atoms. The van der Waals surface area contributed by atoms with Crippen molar-refractivity contribution in [2.24, 2.45) is 7.05 Å². The number of aryl methyl sites for hydroxylation is 1. The van der Waals surface area contributed by atoms with Crippen LogP contribution in [-0.4, -0.2) is 35.2 Å². The van der Waals surface area contributed by atoms with Gasteiger partial charge in [-0.2, -0.15) is 0 Å². The predicted octanol–water partition coefficient (Wildman–Crippen LogP) is 6.53. The van der Waals surface area contributed by atoms with Crippen LogP contribution in [0.1, 0.15) is 33.5 Å². The largest absolute Gasteiger partial charge is 0.377 e. The number of nitrogens with zero attached hydrogens (tertiary/aromatic N) is 2. The van der Waals surface area contributed by atoms with Crippen molar-refractivity contribution in [1.82, 2.24) is 9.55 Å². The Hall–Kier alpha value is -2.58. The monoisotopic (exact) mass is 558 g/mol. The van der Waals surface area contributed by atoms with Gasteiger partial charge in [0, 0.05) is 47.3 Å². The molecule has 0 atom stereocenters. The van der Waals surface area contributed by atoms with Gasteiger partial charge in [-0.25, -0.2) is 9.37 Å². The Morgan fingerprint density at radius 2 is 1.89 bits per heavy atom. The van der Waals surface area contributed by atoms with Crippen molar-refractivity contribution in [2.45, 2.75) is 19.4 Å². The Balaban J connectivity index is 1.42. The topological polar surface area (TPSA) is 53.4 Å². The van der Waals surface area contributed by atoms with Crippen LogP contribution >= 0.6 is 27.5 Å². The molecule has 4 aromatic rings. The third-order valence-electron chi connectivity index (χ3n) is 5.67. The summed E-state index contributed by atoms with van der Waals surface area (Å²) >= 11 is 9.76. The number of carbonyl (C=O) groups excluding carboxylic acids is 1. The average Bonchev–Trinajstić information content (AvgIpc) is 3.22. The molecular formula is C27H25BrClFN2O3. The fraction of sp³-hybridized carbons (Fsp3) is 0.259. The first kappa shape index (κ1) is 25.5. The number of Topliss-reactive ketones (excluding diaryl/α,β-unsaturated/α-hetero) is 1. The van der Waals surface area contributed by atoms with Gasteiger partial charge in [-0.1, -0.05) is 63.9 Å². The molecule has 5 nitrogen and oxygen atoms in total. The molecule has 35 heavy (non-hydrogen) atoms. The van der Waals surface area contributed by atoms with E-state index >= 15 is 4.39 Å². The molecule has 0 unspecified atom stereocenters. The average molecular weight is 560 g/mol. The molecule has 3 aromatic carbocycles. The molecule has 4 rings (SSSR count). The summed E-state index contributed by atoms with van der Waals surface area (Å²) in [5.74, 6) is -0.805. The standard InChI is InChI=1S/C27H25BrClFN2O3/c1-32-17-31-27-24(32)14-21(22(26(27)30)12-19-8-9-20(28)13-23(19)29)25(33)16-35-11-5-10-34-15-18-6-3-2-4-7-18/h2-4,6-9,13-14,17H,5,10-12,15-16H2,1H3. The molecule has 0 amide bonds. The Labute approximate surface area is 217 Å². The van der Waals surface area contributed by atoms with Crippen molar-refractivity contribution in [2.75, 3.05) is 19.8 Å². The minimum absolute atomic E-state index is 0.150. The summed E-state index contributed by atoms with van der Waals surface area (Å²) in [7, 11) is 1.76. The summed E-state index contributed by atoms with van der Waals surface area (Å²) in [5.41, 5.74) is 3.14. The summed E-state index contributed by atoms with van der Waals surface area (Å²) in [6.45, 7) is 1.27. The maximum Gasteiger partial charge on any atom is 0.188 e. The number of imidazole rings is 1. The van der Waals surface area contributed by atoms with Gasteiger partial charge in [0.25, 0.3) is 0 Å². The maximum atomic E-state index is 15.5. The van der Waals surface area contributed by atoms with E-state index in [-0.39, 0.29) is 35.5 Å². The second kappa shape index (κ2) is 11.9. The molecule has 0 N–H and O–H groups in total. The van der Waals surface area contributed by atoms with Gasteiger partial charge in [0.1, 0.15) is 12.1 Å². The first-order chi connectivity index (χ1) is 16.9. The van der Waals surface area contributed by atoms with E-state index in [1.54, 1.807) is 23.7 Å². The van der Waals surface area contributed by atoms with E-state index in [2.05, 4.69) is 20.9 Å². The fourth-order valence-electron chi connectivity index (χ4n) is 3.81. The van der Waals surface area contributed by atoms with Crippen molar-refractivity contribution in [3.63, 3.8) is 0 Å². The second-order valence-corrected chi connectivity index (χ2v) is 9.54. The van der Waals surface area contributed by atoms with Crippen molar-refractivity contribution >= 4 is 44.3 Å². The Morgan fingerprint density at radius 1 is 1.11 bits per heavy atom. The van der Waals surface area contributed by atoms with Crippen molar-refractivity contribution < 1.29 is 18.7 Å². The number of ketones is 1. The van der Waals surface area contributed by atoms with E-state index in [1.807, 2.05) is 42.5 Å². The second-order valence-electron chi connectivity index (χ2n) is 8.22. The lowest BCUT2D eigenvalue weighted by Crippen LogP contribution is -2.15. The number of fused-ring (bicyclic) bond motifs is 1. The van der Waals surface area contributed by atoms with Gasteiger partial charge in [-0.15, -0.1) is 0 Å². The number of halogens is 3. The van der Waals surface area contributed by atoms with Gasteiger partial charge in [0.05, 0.1) is 18.5 Å². The van der Waals surface area contributed by atoms with E-state index in [4.69, 9.17) is 21.1 Å². The summed E-state index contributed by atoms with van der Waals surface area (Å²) in [5, 5.41) is 0.491. The van der Waals surface area contributed by atoms with Crippen LogP contribution in [0.15, 0.2) is 65.4 Å². The Bertz CT molecular complexity index is 1330. The molecule has 8 heteroatoms. The molecule has 0 fully saturated rings. The maximum absolute atomic E-state index is 15.5. The minimum Gasteiger partial charge on any atom is -0.377 e. The van der Waals surface area contributed by atoms with Crippen molar-refractivity contribution in [3.8, 4) is 0 Å². The molecule has 182 valence electrons. The number of hydrogen-bond acceptors (Lipinski definition) is 4. The van der Waals surface area contributed by atoms with Crippen LogP contribution in [0.5, 0.6) is 0 Å². The highest BCUT2D eigenvalue weighted by molar-refractivity contribution is 9.10. The van der Waals surface area contributed by atoms with Gasteiger partial charge in [-0.3, -0.25) is 4.79 Å². The predicted molar refractivity (Wildman–Crippen MR) is 138 cm³/mol. The van der Waals surface area contributed by atoms with Crippen LogP contribution in [0, 0.1) is 5.82 Å².